The van der Waals surface area contributed by atoms with Crippen molar-refractivity contribution in [2.24, 2.45) is 0 Å². The van der Waals surface area contributed by atoms with Gasteiger partial charge in [-0.3, -0.25) is 4.79 Å². The van der Waals surface area contributed by atoms with E-state index in [-0.39, 0.29) is 23.9 Å². The van der Waals surface area contributed by atoms with E-state index in [0.717, 1.165) is 29.7 Å². The third-order valence-corrected chi connectivity index (χ3v) is 3.70. The SMILES string of the molecule is CCOC(=O)c1cccc(C(=O)Nc2c(CC)cccc2CC)n1. The summed E-state index contributed by atoms with van der Waals surface area (Å²) < 4.78 is 4.92. The molecule has 0 aliphatic carbocycles. The zero-order valence-electron chi connectivity index (χ0n) is 14.3. The van der Waals surface area contributed by atoms with E-state index in [1.165, 1.54) is 6.07 Å². The van der Waals surface area contributed by atoms with Crippen LogP contribution in [0.1, 0.15) is 52.9 Å². The van der Waals surface area contributed by atoms with Gasteiger partial charge in [-0.15, -0.1) is 0 Å². The number of carbonyl (C=O) groups excluding carboxylic acids is 2. The van der Waals surface area contributed by atoms with Gasteiger partial charge >= 0.3 is 5.97 Å². The van der Waals surface area contributed by atoms with Crippen LogP contribution in [0.5, 0.6) is 0 Å². The molecule has 5 heteroatoms. The normalized spacial score (nSPS) is 10.3. The highest BCUT2D eigenvalue weighted by Crippen LogP contribution is 2.23. The van der Waals surface area contributed by atoms with E-state index in [4.69, 9.17) is 4.74 Å². The minimum absolute atomic E-state index is 0.129. The number of pyridine rings is 1. The molecule has 0 bridgehead atoms. The lowest BCUT2D eigenvalue weighted by Crippen LogP contribution is -2.18. The second-order valence-electron chi connectivity index (χ2n) is 5.24. The van der Waals surface area contributed by atoms with Crippen LogP contribution >= 0.6 is 0 Å². The molecule has 0 radical (unpaired) electrons. The predicted molar refractivity (Wildman–Crippen MR) is 93.3 cm³/mol. The van der Waals surface area contributed by atoms with Crippen molar-refractivity contribution in [1.82, 2.24) is 4.98 Å². The molecule has 1 amide bonds. The Morgan fingerprint density at radius 2 is 1.54 bits per heavy atom. The van der Waals surface area contributed by atoms with Crippen molar-refractivity contribution in [2.45, 2.75) is 33.6 Å². The number of esters is 1. The fraction of sp³-hybridized carbons (Fsp3) is 0.316. The van der Waals surface area contributed by atoms with Gasteiger partial charge in [0.25, 0.3) is 5.91 Å². The van der Waals surface area contributed by atoms with Gasteiger partial charge in [-0.05, 0) is 43.0 Å². The smallest absolute Gasteiger partial charge is 0.356 e. The average Bonchev–Trinajstić information content (AvgIpc) is 2.62. The molecule has 0 unspecified atom stereocenters. The summed E-state index contributed by atoms with van der Waals surface area (Å²) in [4.78, 5) is 28.4. The molecule has 5 nitrogen and oxygen atoms in total. The fourth-order valence-corrected chi connectivity index (χ4v) is 2.46. The standard InChI is InChI=1S/C19H22N2O3/c1-4-13-9-7-10-14(5-2)17(13)21-18(22)15-11-8-12-16(20-15)19(23)24-6-3/h7-12H,4-6H2,1-3H3,(H,21,22). The van der Waals surface area contributed by atoms with E-state index in [9.17, 15) is 9.59 Å². The number of hydrogen-bond donors (Lipinski definition) is 1. The number of para-hydroxylation sites is 1. The average molecular weight is 326 g/mol. The highest BCUT2D eigenvalue weighted by atomic mass is 16.5. The summed E-state index contributed by atoms with van der Waals surface area (Å²) in [6.45, 7) is 6.08. The number of aryl methyl sites for hydroxylation is 2. The van der Waals surface area contributed by atoms with Gasteiger partial charge < -0.3 is 10.1 Å². The molecule has 0 aliphatic heterocycles. The Bertz CT molecular complexity index is 719. The summed E-state index contributed by atoms with van der Waals surface area (Å²) in [6.07, 6.45) is 1.64. The maximum atomic E-state index is 12.6. The Hall–Kier alpha value is -2.69. The van der Waals surface area contributed by atoms with E-state index < -0.39 is 5.97 Å². The molecule has 126 valence electrons. The van der Waals surface area contributed by atoms with Crippen LogP contribution in [-0.2, 0) is 17.6 Å². The molecule has 1 N–H and O–H groups in total. The van der Waals surface area contributed by atoms with E-state index in [0.29, 0.717) is 0 Å². The number of nitrogens with zero attached hydrogens (tertiary/aromatic N) is 1. The van der Waals surface area contributed by atoms with Gasteiger partial charge in [0.1, 0.15) is 11.4 Å². The second-order valence-corrected chi connectivity index (χ2v) is 5.24. The minimum Gasteiger partial charge on any atom is -0.461 e. The van der Waals surface area contributed by atoms with Crippen molar-refractivity contribution in [3.63, 3.8) is 0 Å². The van der Waals surface area contributed by atoms with Crippen molar-refractivity contribution in [3.05, 3.63) is 58.9 Å². The van der Waals surface area contributed by atoms with Crippen LogP contribution in [-0.4, -0.2) is 23.5 Å². The van der Waals surface area contributed by atoms with Crippen molar-refractivity contribution in [3.8, 4) is 0 Å². The molecule has 1 aromatic heterocycles. The third kappa shape index (κ3) is 3.98. The van der Waals surface area contributed by atoms with Gasteiger partial charge in [-0.2, -0.15) is 0 Å². The topological polar surface area (TPSA) is 68.3 Å². The van der Waals surface area contributed by atoms with Crippen LogP contribution in [0, 0.1) is 0 Å². The number of nitrogens with one attached hydrogen (secondary N) is 1. The maximum absolute atomic E-state index is 12.6. The van der Waals surface area contributed by atoms with Gasteiger partial charge in [0.05, 0.1) is 6.61 Å². The molecule has 24 heavy (non-hydrogen) atoms. The monoisotopic (exact) mass is 326 g/mol. The molecule has 2 aromatic rings. The lowest BCUT2D eigenvalue weighted by molar-refractivity contribution is 0.0519. The highest BCUT2D eigenvalue weighted by Gasteiger charge is 2.15. The lowest BCUT2D eigenvalue weighted by atomic mass is 10.0. The first-order valence-corrected chi connectivity index (χ1v) is 8.16. The van der Waals surface area contributed by atoms with Crippen molar-refractivity contribution >= 4 is 17.6 Å². The second kappa shape index (κ2) is 8.24. The number of hydrogen-bond acceptors (Lipinski definition) is 4. The molecule has 0 spiro atoms. The molecule has 0 fully saturated rings. The first-order valence-electron chi connectivity index (χ1n) is 8.16. The minimum atomic E-state index is -0.532. The Morgan fingerprint density at radius 3 is 2.12 bits per heavy atom. The summed E-state index contributed by atoms with van der Waals surface area (Å²) in [5.74, 6) is -0.868. The largest absolute Gasteiger partial charge is 0.461 e. The molecular formula is C19H22N2O3. The number of amides is 1. The van der Waals surface area contributed by atoms with E-state index in [2.05, 4.69) is 10.3 Å². The van der Waals surface area contributed by atoms with Crippen molar-refractivity contribution in [1.29, 1.82) is 0 Å². The summed E-state index contributed by atoms with van der Waals surface area (Å²) in [5, 5.41) is 2.94. The summed E-state index contributed by atoms with van der Waals surface area (Å²) in [6, 6.07) is 10.7. The Labute approximate surface area is 142 Å². The van der Waals surface area contributed by atoms with Crippen LogP contribution in [0.3, 0.4) is 0 Å². The van der Waals surface area contributed by atoms with Gasteiger partial charge in [0.2, 0.25) is 0 Å². The first-order chi connectivity index (χ1) is 11.6. The van der Waals surface area contributed by atoms with Gasteiger partial charge in [0, 0.05) is 5.69 Å². The van der Waals surface area contributed by atoms with Crippen LogP contribution in [0.4, 0.5) is 5.69 Å². The molecule has 0 aliphatic rings. The summed E-state index contributed by atoms with van der Waals surface area (Å²) >= 11 is 0. The van der Waals surface area contributed by atoms with Gasteiger partial charge in [0.15, 0.2) is 0 Å². The maximum Gasteiger partial charge on any atom is 0.356 e. The van der Waals surface area contributed by atoms with E-state index in [1.54, 1.807) is 19.1 Å². The van der Waals surface area contributed by atoms with Crippen molar-refractivity contribution in [2.75, 3.05) is 11.9 Å². The Balaban J connectivity index is 2.28. The number of ether oxygens (including phenoxy) is 1. The molecule has 0 saturated heterocycles. The van der Waals surface area contributed by atoms with Gasteiger partial charge in [-0.1, -0.05) is 38.1 Å². The van der Waals surface area contributed by atoms with Crippen LogP contribution in [0.2, 0.25) is 0 Å². The molecule has 1 aromatic carbocycles. The highest BCUT2D eigenvalue weighted by molar-refractivity contribution is 6.04. The lowest BCUT2D eigenvalue weighted by Gasteiger charge is -2.14. The number of rotatable bonds is 6. The van der Waals surface area contributed by atoms with Crippen molar-refractivity contribution < 1.29 is 14.3 Å². The number of anilines is 1. The third-order valence-electron chi connectivity index (χ3n) is 3.70. The molecule has 1 heterocycles. The zero-order chi connectivity index (χ0) is 17.5. The number of aromatic nitrogens is 1. The fourth-order valence-electron chi connectivity index (χ4n) is 2.46. The Kier molecular flexibility index (Phi) is 6.07. The zero-order valence-corrected chi connectivity index (χ0v) is 14.3. The molecule has 0 saturated carbocycles. The van der Waals surface area contributed by atoms with E-state index >= 15 is 0 Å². The quantitative estimate of drug-likeness (QED) is 0.823. The Morgan fingerprint density at radius 1 is 0.958 bits per heavy atom. The molecule has 0 atom stereocenters. The van der Waals surface area contributed by atoms with Crippen LogP contribution in [0.15, 0.2) is 36.4 Å². The predicted octanol–water partition coefficient (Wildman–Crippen LogP) is 3.64. The first kappa shape index (κ1) is 17.7. The number of benzene rings is 1. The summed E-state index contributed by atoms with van der Waals surface area (Å²) in [5.41, 5.74) is 3.29. The molecular weight excluding hydrogens is 304 g/mol. The van der Waals surface area contributed by atoms with Gasteiger partial charge in [-0.25, -0.2) is 9.78 Å². The van der Waals surface area contributed by atoms with Crippen LogP contribution < -0.4 is 5.32 Å². The molecule has 2 rings (SSSR count). The number of carbonyl (C=O) groups is 2. The van der Waals surface area contributed by atoms with Crippen LogP contribution in [0.25, 0.3) is 0 Å². The van der Waals surface area contributed by atoms with E-state index in [1.807, 2.05) is 32.0 Å². The summed E-state index contributed by atoms with van der Waals surface area (Å²) in [7, 11) is 0.